The molecule has 3 rings (SSSR count). The van der Waals surface area contributed by atoms with Gasteiger partial charge in [0.25, 0.3) is 0 Å². The van der Waals surface area contributed by atoms with Gasteiger partial charge in [-0.1, -0.05) is 12.8 Å². The molecule has 1 aliphatic rings. The molecule has 0 saturated heterocycles. The molecule has 2 aromatic rings. The maximum Gasteiger partial charge on any atom is 3.00 e. The molecule has 2 aromatic carbocycles. The minimum Gasteiger partial charge on any atom is -0.328 e. The van der Waals surface area contributed by atoms with Gasteiger partial charge in [-0.15, -0.1) is 0 Å². The molecule has 0 heterocycles. The van der Waals surface area contributed by atoms with E-state index in [9.17, 15) is 0 Å². The molecule has 0 unspecified atom stereocenters. The SMILES string of the molecule is [CH-]1CCCC1.[Fe+3].c1cc[cH-]c1.c1cc[cH-]c1. The van der Waals surface area contributed by atoms with Crippen LogP contribution in [0.4, 0.5) is 0 Å². The van der Waals surface area contributed by atoms with E-state index in [0.29, 0.717) is 0 Å². The normalized spacial score (nSPS) is 12.5. The van der Waals surface area contributed by atoms with Gasteiger partial charge in [-0.3, -0.25) is 0 Å². The van der Waals surface area contributed by atoms with E-state index in [4.69, 9.17) is 0 Å². The number of hydrogen-bond acceptors (Lipinski definition) is 0. The Kier molecular flexibility index (Phi) is 11.7. The first kappa shape index (κ1) is 15.2. The molecule has 0 aromatic heterocycles. The van der Waals surface area contributed by atoms with Crippen LogP contribution in [0.1, 0.15) is 25.7 Å². The van der Waals surface area contributed by atoms with Crippen molar-refractivity contribution in [2.45, 2.75) is 25.7 Å². The van der Waals surface area contributed by atoms with Gasteiger partial charge in [-0.05, 0) is 0 Å². The zero-order chi connectivity index (χ0) is 10.6. The molecule has 0 atom stereocenters. The second kappa shape index (κ2) is 12.3. The maximum atomic E-state index is 2.36. The third-order valence-corrected chi connectivity index (χ3v) is 2.18. The molecule has 1 saturated carbocycles. The fraction of sp³-hybridized carbons (Fsp3) is 0.267. The van der Waals surface area contributed by atoms with E-state index in [-0.39, 0.29) is 17.1 Å². The van der Waals surface area contributed by atoms with Gasteiger partial charge < -0.3 is 6.42 Å². The Balaban J connectivity index is 0.000000205. The van der Waals surface area contributed by atoms with Crippen molar-refractivity contribution in [1.82, 2.24) is 0 Å². The predicted molar refractivity (Wildman–Crippen MR) is 66.8 cm³/mol. The second-order valence-electron chi connectivity index (χ2n) is 3.50. The van der Waals surface area contributed by atoms with Gasteiger partial charge in [-0.25, -0.2) is 24.3 Å². The molecule has 0 nitrogen and oxygen atoms in total. The first-order valence-corrected chi connectivity index (χ1v) is 5.65. The molecular formula is C15H19Fe. The Morgan fingerprint density at radius 3 is 1.12 bits per heavy atom. The molecule has 1 heteroatoms. The van der Waals surface area contributed by atoms with Crippen LogP contribution in [0.3, 0.4) is 0 Å². The first-order chi connectivity index (χ1) is 7.50. The minimum atomic E-state index is 0. The third-order valence-electron chi connectivity index (χ3n) is 2.18. The van der Waals surface area contributed by atoms with Crippen molar-refractivity contribution in [3.8, 4) is 0 Å². The average molecular weight is 255 g/mol. The van der Waals surface area contributed by atoms with E-state index in [1.807, 2.05) is 60.7 Å². The summed E-state index contributed by atoms with van der Waals surface area (Å²) in [5.41, 5.74) is 0. The van der Waals surface area contributed by atoms with E-state index in [0.717, 1.165) is 0 Å². The average Bonchev–Trinajstić information content (AvgIpc) is 3.09. The Morgan fingerprint density at radius 1 is 0.625 bits per heavy atom. The molecule has 0 bridgehead atoms. The van der Waals surface area contributed by atoms with Crippen molar-refractivity contribution in [2.24, 2.45) is 0 Å². The molecule has 87 valence electrons. The topological polar surface area (TPSA) is 0 Å². The second-order valence-corrected chi connectivity index (χ2v) is 3.50. The van der Waals surface area contributed by atoms with Crippen molar-refractivity contribution < 1.29 is 17.1 Å². The van der Waals surface area contributed by atoms with Crippen molar-refractivity contribution in [3.05, 3.63) is 67.1 Å². The zero-order valence-corrected chi connectivity index (χ0v) is 10.6. The van der Waals surface area contributed by atoms with Crippen LogP contribution in [0.5, 0.6) is 0 Å². The number of rotatable bonds is 0. The van der Waals surface area contributed by atoms with Crippen LogP contribution in [0.2, 0.25) is 0 Å². The van der Waals surface area contributed by atoms with Crippen LogP contribution in [-0.2, 0) is 17.1 Å². The zero-order valence-electron chi connectivity index (χ0n) is 9.53. The summed E-state index contributed by atoms with van der Waals surface area (Å²) < 4.78 is 0. The molecule has 1 fully saturated rings. The maximum absolute atomic E-state index is 2.36. The van der Waals surface area contributed by atoms with Gasteiger partial charge in [0.2, 0.25) is 0 Å². The van der Waals surface area contributed by atoms with Crippen LogP contribution in [-0.4, -0.2) is 0 Å². The molecule has 16 heavy (non-hydrogen) atoms. The molecule has 1 radical (unpaired) electrons. The monoisotopic (exact) mass is 255 g/mol. The quantitative estimate of drug-likeness (QED) is 0.477. The van der Waals surface area contributed by atoms with Crippen LogP contribution >= 0.6 is 0 Å². The Labute approximate surface area is 110 Å². The summed E-state index contributed by atoms with van der Waals surface area (Å²) in [7, 11) is 0. The van der Waals surface area contributed by atoms with E-state index >= 15 is 0 Å². The van der Waals surface area contributed by atoms with Gasteiger partial charge in [-0.2, -0.15) is 49.2 Å². The van der Waals surface area contributed by atoms with Crippen LogP contribution in [0.15, 0.2) is 60.7 Å². The fourth-order valence-corrected chi connectivity index (χ4v) is 1.36. The molecular weight excluding hydrogens is 236 g/mol. The van der Waals surface area contributed by atoms with Crippen LogP contribution < -0.4 is 0 Å². The van der Waals surface area contributed by atoms with Gasteiger partial charge in [0.05, 0.1) is 0 Å². The van der Waals surface area contributed by atoms with Crippen molar-refractivity contribution >= 4 is 0 Å². The van der Waals surface area contributed by atoms with E-state index in [1.165, 1.54) is 25.7 Å². The van der Waals surface area contributed by atoms with Crippen molar-refractivity contribution in [1.29, 1.82) is 0 Å². The van der Waals surface area contributed by atoms with E-state index < -0.39 is 0 Å². The first-order valence-electron chi connectivity index (χ1n) is 5.65. The molecule has 0 N–H and O–H groups in total. The van der Waals surface area contributed by atoms with Gasteiger partial charge in [0, 0.05) is 0 Å². The summed E-state index contributed by atoms with van der Waals surface area (Å²) in [5, 5.41) is 0. The van der Waals surface area contributed by atoms with Crippen LogP contribution in [0.25, 0.3) is 0 Å². The Morgan fingerprint density at radius 2 is 1.00 bits per heavy atom. The smallest absolute Gasteiger partial charge is 0.328 e. The standard InChI is InChI=1S/C5H9.2C5H5.Fe/c3*1-2-4-5-3-1;/h1H,2-5H2;2*1-5H;/q3*-1;+3. The Hall–Kier alpha value is -0.781. The van der Waals surface area contributed by atoms with Crippen molar-refractivity contribution in [3.63, 3.8) is 0 Å². The Bertz CT molecular complexity index is 196. The van der Waals surface area contributed by atoms with Crippen molar-refractivity contribution in [2.75, 3.05) is 0 Å². The van der Waals surface area contributed by atoms with E-state index in [1.54, 1.807) is 0 Å². The van der Waals surface area contributed by atoms with Gasteiger partial charge >= 0.3 is 17.1 Å². The summed E-state index contributed by atoms with van der Waals surface area (Å²) in [6, 6.07) is 20.0. The van der Waals surface area contributed by atoms with Gasteiger partial charge in [0.1, 0.15) is 0 Å². The molecule has 1 aliphatic carbocycles. The minimum absolute atomic E-state index is 0. The third kappa shape index (κ3) is 9.76. The molecule has 0 spiro atoms. The summed E-state index contributed by atoms with van der Waals surface area (Å²) in [6.07, 6.45) is 8.00. The molecule has 0 amide bonds. The van der Waals surface area contributed by atoms with Crippen LogP contribution in [0, 0.1) is 6.42 Å². The van der Waals surface area contributed by atoms with E-state index in [2.05, 4.69) is 6.42 Å². The summed E-state index contributed by atoms with van der Waals surface area (Å²) in [6.45, 7) is 0. The number of hydrogen-bond donors (Lipinski definition) is 0. The fourth-order valence-electron chi connectivity index (χ4n) is 1.36. The van der Waals surface area contributed by atoms with Gasteiger partial charge in [0.15, 0.2) is 0 Å². The predicted octanol–water partition coefficient (Wildman–Crippen LogP) is 4.57. The molecule has 0 aliphatic heterocycles. The largest absolute Gasteiger partial charge is 3.00 e. The summed E-state index contributed by atoms with van der Waals surface area (Å²) in [4.78, 5) is 0. The summed E-state index contributed by atoms with van der Waals surface area (Å²) in [5.74, 6) is 0. The summed E-state index contributed by atoms with van der Waals surface area (Å²) >= 11 is 0.